The van der Waals surface area contributed by atoms with Gasteiger partial charge in [0.25, 0.3) is 5.91 Å². The van der Waals surface area contributed by atoms with Crippen molar-refractivity contribution >= 4 is 5.91 Å². The maximum atomic E-state index is 12.7. The fourth-order valence-electron chi connectivity index (χ4n) is 2.62. The lowest BCUT2D eigenvalue weighted by Gasteiger charge is -2.15. The number of halogens is 3. The molecule has 0 spiro atoms. The summed E-state index contributed by atoms with van der Waals surface area (Å²) in [7, 11) is 0. The molecule has 1 unspecified atom stereocenters. The van der Waals surface area contributed by atoms with Crippen LogP contribution in [0.25, 0.3) is 11.5 Å². The normalized spacial score (nSPS) is 12.6. The number of amides is 1. The fraction of sp³-hybridized carbons (Fsp3) is 0.200. The SMILES string of the molecule is Cc1oc(-c2ccccc2)nc1C(=O)NC(C)c1ccc(C(F)(F)F)cc1. The number of benzene rings is 2. The zero-order valence-corrected chi connectivity index (χ0v) is 14.7. The number of nitrogens with one attached hydrogen (secondary N) is 1. The molecule has 2 aromatic carbocycles. The van der Waals surface area contributed by atoms with E-state index in [9.17, 15) is 18.0 Å². The van der Waals surface area contributed by atoms with E-state index in [2.05, 4.69) is 10.3 Å². The summed E-state index contributed by atoms with van der Waals surface area (Å²) in [6, 6.07) is 13.4. The maximum Gasteiger partial charge on any atom is 0.416 e. The second kappa shape index (κ2) is 7.26. The summed E-state index contributed by atoms with van der Waals surface area (Å²) in [5.74, 6) is 0.247. The van der Waals surface area contributed by atoms with Crippen LogP contribution in [0.5, 0.6) is 0 Å². The van der Waals surface area contributed by atoms with E-state index in [-0.39, 0.29) is 5.69 Å². The average Bonchev–Trinajstić information content (AvgIpc) is 3.04. The summed E-state index contributed by atoms with van der Waals surface area (Å²) in [5.41, 5.74) is 0.716. The Balaban J connectivity index is 1.74. The number of aromatic nitrogens is 1. The minimum Gasteiger partial charge on any atom is -0.441 e. The maximum absolute atomic E-state index is 12.7. The Labute approximate surface area is 154 Å². The van der Waals surface area contributed by atoms with Crippen molar-refractivity contribution in [3.05, 3.63) is 77.2 Å². The fourth-order valence-corrected chi connectivity index (χ4v) is 2.62. The molecular formula is C20H17F3N2O2. The Morgan fingerprint density at radius 2 is 1.70 bits per heavy atom. The van der Waals surface area contributed by atoms with E-state index >= 15 is 0 Å². The van der Waals surface area contributed by atoms with Crippen LogP contribution in [0.15, 0.2) is 59.0 Å². The highest BCUT2D eigenvalue weighted by Crippen LogP contribution is 2.30. The molecule has 3 rings (SSSR count). The van der Waals surface area contributed by atoms with E-state index in [1.807, 2.05) is 30.3 Å². The van der Waals surface area contributed by atoms with E-state index in [0.29, 0.717) is 17.2 Å². The molecule has 1 aromatic heterocycles. The second-order valence-corrected chi connectivity index (χ2v) is 6.10. The Bertz CT molecular complexity index is 932. The van der Waals surface area contributed by atoms with Crippen LogP contribution < -0.4 is 5.32 Å². The van der Waals surface area contributed by atoms with Gasteiger partial charge in [-0.05, 0) is 43.7 Å². The van der Waals surface area contributed by atoms with E-state index in [1.54, 1.807) is 13.8 Å². The van der Waals surface area contributed by atoms with Crippen molar-refractivity contribution in [1.29, 1.82) is 0 Å². The molecule has 0 bridgehead atoms. The highest BCUT2D eigenvalue weighted by atomic mass is 19.4. The Morgan fingerprint density at radius 3 is 2.30 bits per heavy atom. The third-order valence-corrected chi connectivity index (χ3v) is 4.12. The monoisotopic (exact) mass is 374 g/mol. The van der Waals surface area contributed by atoms with Gasteiger partial charge in [-0.15, -0.1) is 0 Å². The van der Waals surface area contributed by atoms with Crippen molar-refractivity contribution in [3.63, 3.8) is 0 Å². The minimum absolute atomic E-state index is 0.146. The third kappa shape index (κ3) is 4.19. The molecule has 1 amide bonds. The number of carbonyl (C=O) groups excluding carboxylic acids is 1. The Morgan fingerprint density at radius 1 is 1.07 bits per heavy atom. The van der Waals surface area contributed by atoms with Gasteiger partial charge in [0.15, 0.2) is 5.69 Å². The molecule has 1 heterocycles. The van der Waals surface area contributed by atoms with Gasteiger partial charge in [-0.1, -0.05) is 30.3 Å². The highest BCUT2D eigenvalue weighted by molar-refractivity contribution is 5.93. The van der Waals surface area contributed by atoms with Crippen molar-refractivity contribution < 1.29 is 22.4 Å². The van der Waals surface area contributed by atoms with Crippen LogP contribution in [0.2, 0.25) is 0 Å². The molecule has 0 radical (unpaired) electrons. The van der Waals surface area contributed by atoms with Crippen LogP contribution >= 0.6 is 0 Å². The van der Waals surface area contributed by atoms with Crippen LogP contribution in [0, 0.1) is 6.92 Å². The molecule has 0 aliphatic rings. The van der Waals surface area contributed by atoms with E-state index in [4.69, 9.17) is 4.42 Å². The second-order valence-electron chi connectivity index (χ2n) is 6.10. The van der Waals surface area contributed by atoms with Crippen LogP contribution in [0.4, 0.5) is 13.2 Å². The van der Waals surface area contributed by atoms with E-state index in [1.165, 1.54) is 12.1 Å². The summed E-state index contributed by atoms with van der Waals surface area (Å²) in [5, 5.41) is 2.73. The third-order valence-electron chi connectivity index (χ3n) is 4.12. The van der Waals surface area contributed by atoms with Crippen LogP contribution in [-0.2, 0) is 6.18 Å². The zero-order valence-electron chi connectivity index (χ0n) is 14.7. The number of nitrogens with zero attached hydrogens (tertiary/aromatic N) is 1. The van der Waals surface area contributed by atoms with Gasteiger partial charge in [0, 0.05) is 5.56 Å². The van der Waals surface area contributed by atoms with Crippen molar-refractivity contribution in [1.82, 2.24) is 10.3 Å². The Kier molecular flexibility index (Phi) is 5.03. The topological polar surface area (TPSA) is 55.1 Å². The number of hydrogen-bond donors (Lipinski definition) is 1. The molecule has 7 heteroatoms. The number of hydrogen-bond acceptors (Lipinski definition) is 3. The lowest BCUT2D eigenvalue weighted by Crippen LogP contribution is -2.27. The van der Waals surface area contributed by atoms with E-state index < -0.39 is 23.7 Å². The molecule has 0 fully saturated rings. The van der Waals surface area contributed by atoms with Gasteiger partial charge in [-0.3, -0.25) is 4.79 Å². The standard InChI is InChI=1S/C20H17F3N2O2/c1-12(14-8-10-16(11-9-14)20(21,22)23)24-18(26)17-13(2)27-19(25-17)15-6-4-3-5-7-15/h3-12H,1-2H3,(H,24,26). The summed E-state index contributed by atoms with van der Waals surface area (Å²) >= 11 is 0. The number of oxazole rings is 1. The molecule has 27 heavy (non-hydrogen) atoms. The molecular weight excluding hydrogens is 357 g/mol. The number of alkyl halides is 3. The smallest absolute Gasteiger partial charge is 0.416 e. The average molecular weight is 374 g/mol. The number of aryl methyl sites for hydroxylation is 1. The largest absolute Gasteiger partial charge is 0.441 e. The van der Waals surface area contributed by atoms with E-state index in [0.717, 1.165) is 17.7 Å². The van der Waals surface area contributed by atoms with Crippen molar-refractivity contribution in [3.8, 4) is 11.5 Å². The zero-order chi connectivity index (χ0) is 19.6. The molecule has 0 aliphatic heterocycles. The van der Waals surface area contributed by atoms with Gasteiger partial charge >= 0.3 is 6.18 Å². The Hall–Kier alpha value is -3.09. The first-order valence-corrected chi connectivity index (χ1v) is 8.26. The van der Waals surface area contributed by atoms with Crippen molar-refractivity contribution in [2.24, 2.45) is 0 Å². The minimum atomic E-state index is -4.39. The van der Waals surface area contributed by atoms with Crippen LogP contribution in [0.3, 0.4) is 0 Å². The van der Waals surface area contributed by atoms with Crippen LogP contribution in [-0.4, -0.2) is 10.9 Å². The predicted molar refractivity (Wildman–Crippen MR) is 94.0 cm³/mol. The first-order valence-electron chi connectivity index (χ1n) is 8.26. The molecule has 0 saturated carbocycles. The van der Waals surface area contributed by atoms with Crippen LogP contribution in [0.1, 0.15) is 40.3 Å². The highest BCUT2D eigenvalue weighted by Gasteiger charge is 2.30. The lowest BCUT2D eigenvalue weighted by molar-refractivity contribution is -0.137. The molecule has 0 saturated heterocycles. The number of carbonyl (C=O) groups is 1. The lowest BCUT2D eigenvalue weighted by atomic mass is 10.1. The molecule has 3 aromatic rings. The van der Waals surface area contributed by atoms with Crippen molar-refractivity contribution in [2.75, 3.05) is 0 Å². The summed E-state index contributed by atoms with van der Waals surface area (Å²) in [6.45, 7) is 3.32. The molecule has 0 aliphatic carbocycles. The summed E-state index contributed by atoms with van der Waals surface area (Å²) < 4.78 is 43.5. The predicted octanol–water partition coefficient (Wildman–Crippen LogP) is 5.16. The molecule has 140 valence electrons. The number of rotatable bonds is 4. The summed E-state index contributed by atoms with van der Waals surface area (Å²) in [4.78, 5) is 16.8. The van der Waals surface area contributed by atoms with Gasteiger partial charge in [-0.25, -0.2) is 4.98 Å². The quantitative estimate of drug-likeness (QED) is 0.686. The first kappa shape index (κ1) is 18.7. The van der Waals surface area contributed by atoms with Crippen molar-refractivity contribution in [2.45, 2.75) is 26.1 Å². The van der Waals surface area contributed by atoms with Gasteiger partial charge in [0.05, 0.1) is 11.6 Å². The van der Waals surface area contributed by atoms with Gasteiger partial charge in [0.2, 0.25) is 5.89 Å². The summed E-state index contributed by atoms with van der Waals surface area (Å²) in [6.07, 6.45) is -4.39. The van der Waals surface area contributed by atoms with Gasteiger partial charge in [-0.2, -0.15) is 13.2 Å². The molecule has 4 nitrogen and oxygen atoms in total. The molecule has 1 N–H and O–H groups in total. The molecule has 1 atom stereocenters. The van der Waals surface area contributed by atoms with Gasteiger partial charge < -0.3 is 9.73 Å². The first-order chi connectivity index (χ1) is 12.8. The van der Waals surface area contributed by atoms with Gasteiger partial charge in [0.1, 0.15) is 5.76 Å².